The number of benzene rings is 1. The summed E-state index contributed by atoms with van der Waals surface area (Å²) < 4.78 is 7.42. The third-order valence-corrected chi connectivity index (χ3v) is 5.07. The molecule has 8 nitrogen and oxygen atoms in total. The third-order valence-electron chi connectivity index (χ3n) is 5.07. The summed E-state index contributed by atoms with van der Waals surface area (Å²) in [5, 5.41) is 15.6. The Morgan fingerprint density at radius 2 is 1.89 bits per heavy atom. The lowest BCUT2D eigenvalue weighted by atomic mass is 10.2. The minimum Gasteiger partial charge on any atom is -0.389 e. The van der Waals surface area contributed by atoms with E-state index in [1.165, 1.54) is 0 Å². The lowest BCUT2D eigenvalue weighted by Gasteiger charge is -2.36. The predicted molar refractivity (Wildman–Crippen MR) is 107 cm³/mol. The van der Waals surface area contributed by atoms with Gasteiger partial charge in [0.2, 0.25) is 0 Å². The molecule has 0 aliphatic carbocycles. The monoisotopic (exact) mass is 382 g/mol. The maximum absolute atomic E-state index is 10.3. The van der Waals surface area contributed by atoms with Gasteiger partial charge in [-0.15, -0.1) is 0 Å². The van der Waals surface area contributed by atoms with Crippen LogP contribution in [-0.4, -0.2) is 75.2 Å². The molecule has 1 fully saturated rings. The summed E-state index contributed by atoms with van der Waals surface area (Å²) in [6, 6.07) is 10.0. The van der Waals surface area contributed by atoms with Gasteiger partial charge in [-0.05, 0) is 5.56 Å². The van der Waals surface area contributed by atoms with Crippen LogP contribution in [0.3, 0.4) is 0 Å². The van der Waals surface area contributed by atoms with Crippen molar-refractivity contribution in [3.63, 3.8) is 0 Å². The SMILES string of the molecule is Cn1ncc2c(N3CCN(CC(O)COCc4ccccc4)CC3)ncnc21. The molecule has 3 aromatic rings. The van der Waals surface area contributed by atoms with Crippen LogP contribution in [0.2, 0.25) is 0 Å². The van der Waals surface area contributed by atoms with Crippen LogP contribution in [-0.2, 0) is 18.4 Å². The van der Waals surface area contributed by atoms with Crippen LogP contribution in [0.1, 0.15) is 5.56 Å². The maximum Gasteiger partial charge on any atom is 0.163 e. The van der Waals surface area contributed by atoms with Gasteiger partial charge >= 0.3 is 0 Å². The third kappa shape index (κ3) is 4.30. The number of nitrogens with zero attached hydrogens (tertiary/aromatic N) is 6. The number of hydrogen-bond acceptors (Lipinski definition) is 7. The maximum atomic E-state index is 10.3. The molecular formula is C20H26N6O2. The fourth-order valence-corrected chi connectivity index (χ4v) is 3.58. The zero-order valence-corrected chi connectivity index (χ0v) is 16.1. The molecule has 3 heterocycles. The Hall–Kier alpha value is -2.55. The molecular weight excluding hydrogens is 356 g/mol. The summed E-state index contributed by atoms with van der Waals surface area (Å²) in [4.78, 5) is 13.3. The molecule has 148 valence electrons. The van der Waals surface area contributed by atoms with Crippen molar-refractivity contribution in [1.82, 2.24) is 24.6 Å². The highest BCUT2D eigenvalue weighted by atomic mass is 16.5. The van der Waals surface area contributed by atoms with Crippen LogP contribution in [0.5, 0.6) is 0 Å². The lowest BCUT2D eigenvalue weighted by Crippen LogP contribution is -2.49. The van der Waals surface area contributed by atoms with Gasteiger partial charge in [0.1, 0.15) is 12.1 Å². The molecule has 1 unspecified atom stereocenters. The molecule has 0 amide bonds. The Labute approximate surface area is 164 Å². The van der Waals surface area contributed by atoms with Crippen LogP contribution >= 0.6 is 0 Å². The van der Waals surface area contributed by atoms with Crippen molar-refractivity contribution >= 4 is 16.9 Å². The van der Waals surface area contributed by atoms with Crippen LogP contribution in [0.25, 0.3) is 11.0 Å². The predicted octanol–water partition coefficient (Wildman–Crippen LogP) is 1.06. The molecule has 1 saturated heterocycles. The Balaban J connectivity index is 1.25. The molecule has 0 radical (unpaired) electrons. The number of aliphatic hydroxyl groups excluding tert-OH is 1. The number of fused-ring (bicyclic) bond motifs is 1. The van der Waals surface area contributed by atoms with E-state index in [0.717, 1.165) is 48.6 Å². The average molecular weight is 382 g/mol. The smallest absolute Gasteiger partial charge is 0.163 e. The van der Waals surface area contributed by atoms with Crippen molar-refractivity contribution in [3.8, 4) is 0 Å². The fourth-order valence-electron chi connectivity index (χ4n) is 3.58. The second-order valence-corrected chi connectivity index (χ2v) is 7.14. The molecule has 1 atom stereocenters. The Kier molecular flexibility index (Phi) is 5.80. The van der Waals surface area contributed by atoms with Crippen LogP contribution in [0, 0.1) is 0 Å². The number of anilines is 1. The number of β-amino-alcohol motifs (C(OH)–C–C–N with tert-alkyl or cyclic N) is 1. The van der Waals surface area contributed by atoms with Crippen LogP contribution in [0.4, 0.5) is 5.82 Å². The van der Waals surface area contributed by atoms with Gasteiger partial charge in [-0.3, -0.25) is 9.58 Å². The largest absolute Gasteiger partial charge is 0.389 e. The summed E-state index contributed by atoms with van der Waals surface area (Å²) in [7, 11) is 1.89. The molecule has 1 N–H and O–H groups in total. The number of aryl methyl sites for hydroxylation is 1. The number of aromatic nitrogens is 4. The Bertz CT molecular complexity index is 892. The number of piperazine rings is 1. The van der Waals surface area contributed by atoms with Gasteiger partial charge in [0.25, 0.3) is 0 Å². The van der Waals surface area contributed by atoms with Crippen molar-refractivity contribution in [2.45, 2.75) is 12.7 Å². The van der Waals surface area contributed by atoms with Crippen molar-refractivity contribution in [2.24, 2.45) is 7.05 Å². The highest BCUT2D eigenvalue weighted by Gasteiger charge is 2.22. The number of aliphatic hydroxyl groups is 1. The van der Waals surface area contributed by atoms with Gasteiger partial charge in [0.05, 0.1) is 30.9 Å². The van der Waals surface area contributed by atoms with Crippen molar-refractivity contribution in [1.29, 1.82) is 0 Å². The van der Waals surface area contributed by atoms with E-state index in [1.807, 2.05) is 43.6 Å². The summed E-state index contributed by atoms with van der Waals surface area (Å²) in [6.07, 6.45) is 2.93. The van der Waals surface area contributed by atoms with E-state index in [0.29, 0.717) is 19.8 Å². The number of ether oxygens (including phenoxy) is 1. The van der Waals surface area contributed by atoms with Gasteiger partial charge < -0.3 is 14.7 Å². The molecule has 1 aliphatic heterocycles. The summed E-state index contributed by atoms with van der Waals surface area (Å²) in [5.74, 6) is 0.935. The summed E-state index contributed by atoms with van der Waals surface area (Å²) in [6.45, 7) is 4.97. The normalized spacial score (nSPS) is 16.6. The second kappa shape index (κ2) is 8.64. The van der Waals surface area contributed by atoms with Gasteiger partial charge in [0, 0.05) is 39.8 Å². The van der Waals surface area contributed by atoms with E-state index in [4.69, 9.17) is 4.74 Å². The molecule has 4 rings (SSSR count). The van der Waals surface area contributed by atoms with Gasteiger partial charge in [-0.25, -0.2) is 9.97 Å². The lowest BCUT2D eigenvalue weighted by molar-refractivity contribution is 0.00913. The molecule has 28 heavy (non-hydrogen) atoms. The molecule has 0 spiro atoms. The molecule has 0 bridgehead atoms. The minimum absolute atomic E-state index is 0.345. The molecule has 2 aromatic heterocycles. The number of rotatable bonds is 7. The fraction of sp³-hybridized carbons (Fsp3) is 0.450. The van der Waals surface area contributed by atoms with Crippen molar-refractivity contribution in [2.75, 3.05) is 44.2 Å². The molecule has 0 saturated carbocycles. The van der Waals surface area contributed by atoms with E-state index in [1.54, 1.807) is 11.0 Å². The Morgan fingerprint density at radius 3 is 2.68 bits per heavy atom. The molecule has 1 aromatic carbocycles. The second-order valence-electron chi connectivity index (χ2n) is 7.14. The van der Waals surface area contributed by atoms with Crippen LogP contribution in [0.15, 0.2) is 42.9 Å². The summed E-state index contributed by atoms with van der Waals surface area (Å²) in [5.41, 5.74) is 1.97. The Morgan fingerprint density at radius 1 is 1.11 bits per heavy atom. The highest BCUT2D eigenvalue weighted by Crippen LogP contribution is 2.23. The first-order valence-corrected chi connectivity index (χ1v) is 9.60. The quantitative estimate of drug-likeness (QED) is 0.655. The highest BCUT2D eigenvalue weighted by molar-refractivity contribution is 5.86. The zero-order chi connectivity index (χ0) is 19.3. The van der Waals surface area contributed by atoms with Crippen LogP contribution < -0.4 is 4.90 Å². The first-order chi connectivity index (χ1) is 13.7. The first-order valence-electron chi connectivity index (χ1n) is 9.60. The average Bonchev–Trinajstić information content (AvgIpc) is 3.11. The van der Waals surface area contributed by atoms with Crippen molar-refractivity contribution < 1.29 is 9.84 Å². The topological polar surface area (TPSA) is 79.5 Å². The van der Waals surface area contributed by atoms with Gasteiger partial charge in [-0.2, -0.15) is 5.10 Å². The standard InChI is InChI=1S/C20H26N6O2/c1-24-19-18(11-23-24)20(22-15-21-19)26-9-7-25(8-10-26)12-17(27)14-28-13-16-5-3-2-4-6-16/h2-6,11,15,17,27H,7-10,12-14H2,1H3. The van der Waals surface area contributed by atoms with E-state index in [9.17, 15) is 5.11 Å². The van der Waals surface area contributed by atoms with Gasteiger partial charge in [0.15, 0.2) is 5.65 Å². The number of hydrogen-bond donors (Lipinski definition) is 1. The van der Waals surface area contributed by atoms with E-state index >= 15 is 0 Å². The van der Waals surface area contributed by atoms with E-state index < -0.39 is 6.10 Å². The first kappa shape index (κ1) is 18.8. The minimum atomic E-state index is -0.487. The summed E-state index contributed by atoms with van der Waals surface area (Å²) >= 11 is 0. The van der Waals surface area contributed by atoms with E-state index in [-0.39, 0.29) is 0 Å². The molecule has 8 heteroatoms. The molecule has 1 aliphatic rings. The zero-order valence-electron chi connectivity index (χ0n) is 16.1. The van der Waals surface area contributed by atoms with Crippen molar-refractivity contribution in [3.05, 3.63) is 48.4 Å². The van der Waals surface area contributed by atoms with Gasteiger partial charge in [-0.1, -0.05) is 30.3 Å². The van der Waals surface area contributed by atoms with E-state index in [2.05, 4.69) is 24.9 Å².